The summed E-state index contributed by atoms with van der Waals surface area (Å²) in [4.78, 5) is 28.5. The highest BCUT2D eigenvalue weighted by atomic mass is 35.5. The highest BCUT2D eigenvalue weighted by molar-refractivity contribution is 7.15. The smallest absolute Gasteiger partial charge is 0.339 e. The quantitative estimate of drug-likeness (QED) is 0.463. The van der Waals surface area contributed by atoms with Crippen molar-refractivity contribution in [3.8, 4) is 11.1 Å². The van der Waals surface area contributed by atoms with Crippen LogP contribution >= 0.6 is 22.9 Å². The van der Waals surface area contributed by atoms with E-state index in [0.717, 1.165) is 22.5 Å². The van der Waals surface area contributed by atoms with Crippen LogP contribution in [0.25, 0.3) is 22.2 Å². The molecule has 0 aliphatic heterocycles. The molecular weight excluding hydrogens is 400 g/mol. The standard InChI is InChI=1S/C20H13ClN2O4S/c1-10-2-4-11(5-3-10)13-9-28-19(16(13)20(25)26)23-17(24)18-22-14-8-12(21)6-7-15(14)27-18/h2-9H,1H3,(H,23,24)(H,25,26). The van der Waals surface area contributed by atoms with Crippen molar-refractivity contribution in [2.75, 3.05) is 5.32 Å². The molecule has 0 aliphatic carbocycles. The summed E-state index contributed by atoms with van der Waals surface area (Å²) in [6, 6.07) is 12.3. The largest absolute Gasteiger partial charge is 0.478 e. The van der Waals surface area contributed by atoms with Gasteiger partial charge >= 0.3 is 11.9 Å². The molecule has 0 aliphatic rings. The van der Waals surface area contributed by atoms with Gasteiger partial charge in [-0.05, 0) is 30.7 Å². The molecule has 0 bridgehead atoms. The van der Waals surface area contributed by atoms with E-state index in [1.54, 1.807) is 23.6 Å². The first-order valence-electron chi connectivity index (χ1n) is 8.21. The molecule has 2 N–H and O–H groups in total. The lowest BCUT2D eigenvalue weighted by Crippen LogP contribution is -2.13. The van der Waals surface area contributed by atoms with E-state index in [9.17, 15) is 14.7 Å². The first kappa shape index (κ1) is 18.2. The van der Waals surface area contributed by atoms with Crippen LogP contribution in [0.5, 0.6) is 0 Å². The molecule has 4 aromatic rings. The fourth-order valence-electron chi connectivity index (χ4n) is 2.76. The summed E-state index contributed by atoms with van der Waals surface area (Å²) < 4.78 is 5.44. The molecule has 28 heavy (non-hydrogen) atoms. The fourth-order valence-corrected chi connectivity index (χ4v) is 3.88. The number of hydrogen-bond acceptors (Lipinski definition) is 5. The summed E-state index contributed by atoms with van der Waals surface area (Å²) in [5.41, 5.74) is 3.26. The molecule has 1 amide bonds. The second-order valence-electron chi connectivity index (χ2n) is 6.11. The van der Waals surface area contributed by atoms with Crippen molar-refractivity contribution >= 4 is 50.9 Å². The van der Waals surface area contributed by atoms with Crippen molar-refractivity contribution < 1.29 is 19.1 Å². The maximum Gasteiger partial charge on any atom is 0.339 e. The van der Waals surface area contributed by atoms with Crippen LogP contribution in [0, 0.1) is 6.92 Å². The summed E-state index contributed by atoms with van der Waals surface area (Å²) in [5.74, 6) is -1.93. The number of nitrogens with zero attached hydrogens (tertiary/aromatic N) is 1. The molecule has 8 heteroatoms. The van der Waals surface area contributed by atoms with Crippen LogP contribution in [-0.4, -0.2) is 22.0 Å². The number of rotatable bonds is 4. The summed E-state index contributed by atoms with van der Waals surface area (Å²) in [6.45, 7) is 1.95. The lowest BCUT2D eigenvalue weighted by atomic mass is 10.0. The zero-order chi connectivity index (χ0) is 19.8. The van der Waals surface area contributed by atoms with Gasteiger partial charge in [0.2, 0.25) is 0 Å². The van der Waals surface area contributed by atoms with Gasteiger partial charge in [0.25, 0.3) is 5.89 Å². The molecule has 0 saturated carbocycles. The third-order valence-electron chi connectivity index (χ3n) is 4.14. The number of oxazole rings is 1. The normalized spacial score (nSPS) is 10.9. The molecule has 0 radical (unpaired) electrons. The average Bonchev–Trinajstić information content (AvgIpc) is 3.26. The van der Waals surface area contributed by atoms with Gasteiger partial charge in [0.05, 0.1) is 0 Å². The number of hydrogen-bond donors (Lipinski definition) is 2. The predicted octanol–water partition coefficient (Wildman–Crippen LogP) is 5.47. The minimum Gasteiger partial charge on any atom is -0.478 e. The van der Waals surface area contributed by atoms with Crippen LogP contribution in [0.15, 0.2) is 52.3 Å². The first-order valence-corrected chi connectivity index (χ1v) is 9.47. The number of aromatic nitrogens is 1. The number of aryl methyl sites for hydroxylation is 1. The van der Waals surface area contributed by atoms with Crippen molar-refractivity contribution in [3.63, 3.8) is 0 Å². The topological polar surface area (TPSA) is 92.4 Å². The maximum absolute atomic E-state index is 12.5. The van der Waals surface area contributed by atoms with Gasteiger partial charge < -0.3 is 14.8 Å². The zero-order valence-electron chi connectivity index (χ0n) is 14.5. The predicted molar refractivity (Wildman–Crippen MR) is 108 cm³/mol. The second-order valence-corrected chi connectivity index (χ2v) is 7.43. The number of aromatic carboxylic acids is 1. The minimum atomic E-state index is -1.13. The van der Waals surface area contributed by atoms with E-state index in [-0.39, 0.29) is 16.5 Å². The van der Waals surface area contributed by atoms with Gasteiger partial charge in [0, 0.05) is 16.0 Å². The van der Waals surface area contributed by atoms with Gasteiger partial charge in [-0.15, -0.1) is 11.3 Å². The molecule has 0 fully saturated rings. The van der Waals surface area contributed by atoms with E-state index in [0.29, 0.717) is 21.7 Å². The van der Waals surface area contributed by atoms with Crippen LogP contribution < -0.4 is 5.32 Å². The highest BCUT2D eigenvalue weighted by Gasteiger charge is 2.23. The third-order valence-corrected chi connectivity index (χ3v) is 5.27. The number of fused-ring (bicyclic) bond motifs is 1. The number of anilines is 1. The number of carboxylic acids is 1. The zero-order valence-corrected chi connectivity index (χ0v) is 16.1. The summed E-state index contributed by atoms with van der Waals surface area (Å²) in [7, 11) is 0. The molecule has 0 unspecified atom stereocenters. The lowest BCUT2D eigenvalue weighted by molar-refractivity contribution is 0.0699. The molecule has 2 heterocycles. The second kappa shape index (κ2) is 7.10. The minimum absolute atomic E-state index is 0.0290. The van der Waals surface area contributed by atoms with Gasteiger partial charge in [-0.2, -0.15) is 0 Å². The Bertz CT molecular complexity index is 1210. The number of halogens is 1. The number of thiophene rings is 1. The van der Waals surface area contributed by atoms with E-state index in [1.165, 1.54) is 0 Å². The Hall–Kier alpha value is -3.16. The van der Waals surface area contributed by atoms with Gasteiger partial charge in [0.15, 0.2) is 5.58 Å². The van der Waals surface area contributed by atoms with Crippen LogP contribution in [0.4, 0.5) is 5.00 Å². The highest BCUT2D eigenvalue weighted by Crippen LogP contribution is 2.36. The van der Waals surface area contributed by atoms with E-state index in [2.05, 4.69) is 10.3 Å². The summed E-state index contributed by atoms with van der Waals surface area (Å²) in [5, 5.41) is 14.7. The van der Waals surface area contributed by atoms with Crippen LogP contribution in [0.1, 0.15) is 26.6 Å². The van der Waals surface area contributed by atoms with Gasteiger partial charge in [0.1, 0.15) is 16.1 Å². The Morgan fingerprint density at radius 1 is 1.18 bits per heavy atom. The first-order chi connectivity index (χ1) is 13.4. The van der Waals surface area contributed by atoms with Gasteiger partial charge in [-0.25, -0.2) is 9.78 Å². The average molecular weight is 413 g/mol. The van der Waals surface area contributed by atoms with Crippen LogP contribution in [0.2, 0.25) is 5.02 Å². The molecule has 4 rings (SSSR count). The molecule has 0 saturated heterocycles. The third kappa shape index (κ3) is 3.37. The molecule has 2 aromatic heterocycles. The summed E-state index contributed by atoms with van der Waals surface area (Å²) >= 11 is 7.05. The molecule has 2 aromatic carbocycles. The number of carboxylic acid groups (broad SMARTS) is 1. The van der Waals surface area contributed by atoms with Gasteiger partial charge in [-0.1, -0.05) is 41.4 Å². The Morgan fingerprint density at radius 2 is 1.93 bits per heavy atom. The summed E-state index contributed by atoms with van der Waals surface area (Å²) in [6.07, 6.45) is 0. The van der Waals surface area contributed by atoms with Crippen molar-refractivity contribution in [2.45, 2.75) is 6.92 Å². The maximum atomic E-state index is 12.5. The molecule has 0 atom stereocenters. The van der Waals surface area contributed by atoms with Crippen molar-refractivity contribution in [2.24, 2.45) is 0 Å². The number of benzene rings is 2. The molecular formula is C20H13ClN2O4S. The van der Waals surface area contributed by atoms with E-state index >= 15 is 0 Å². The van der Waals surface area contributed by atoms with Crippen molar-refractivity contribution in [1.29, 1.82) is 0 Å². The Labute approximate surface area is 168 Å². The van der Waals surface area contributed by atoms with Crippen molar-refractivity contribution in [3.05, 3.63) is 69.9 Å². The molecule has 0 spiro atoms. The Kier molecular flexibility index (Phi) is 4.62. The number of nitrogens with one attached hydrogen (secondary N) is 1. The number of carbonyl (C=O) groups is 2. The SMILES string of the molecule is Cc1ccc(-c2csc(NC(=O)c3nc4cc(Cl)ccc4o3)c2C(=O)O)cc1. The van der Waals surface area contributed by atoms with E-state index in [4.69, 9.17) is 16.0 Å². The van der Waals surface area contributed by atoms with E-state index < -0.39 is 11.9 Å². The van der Waals surface area contributed by atoms with Crippen LogP contribution in [-0.2, 0) is 0 Å². The molecule has 6 nitrogen and oxygen atoms in total. The fraction of sp³-hybridized carbons (Fsp3) is 0.0500. The number of amides is 1. The van der Waals surface area contributed by atoms with E-state index in [1.807, 2.05) is 31.2 Å². The molecule has 140 valence electrons. The monoisotopic (exact) mass is 412 g/mol. The Morgan fingerprint density at radius 3 is 2.64 bits per heavy atom. The lowest BCUT2D eigenvalue weighted by Gasteiger charge is -2.05. The van der Waals surface area contributed by atoms with Gasteiger partial charge in [-0.3, -0.25) is 4.79 Å². The van der Waals surface area contributed by atoms with Crippen molar-refractivity contribution in [1.82, 2.24) is 4.98 Å². The number of carbonyl (C=O) groups excluding carboxylic acids is 1. The van der Waals surface area contributed by atoms with Crippen LogP contribution in [0.3, 0.4) is 0 Å². The Balaban J connectivity index is 1.67.